The normalized spacial score (nSPS) is 15.7. The van der Waals surface area contributed by atoms with Crippen LogP contribution in [0, 0.1) is 13.8 Å². The van der Waals surface area contributed by atoms with Crippen molar-refractivity contribution in [2.75, 3.05) is 26.2 Å². The van der Waals surface area contributed by atoms with E-state index >= 15 is 0 Å². The Balaban J connectivity index is 1.54. The summed E-state index contributed by atoms with van der Waals surface area (Å²) in [5, 5.41) is 4.20. The molecule has 0 spiro atoms. The number of hydrogen-bond donors (Lipinski definition) is 1. The van der Waals surface area contributed by atoms with Crippen LogP contribution in [0.4, 0.5) is 0 Å². The number of carbonyl (C=O) groups excluding carboxylic acids is 1. The van der Waals surface area contributed by atoms with Crippen molar-refractivity contribution in [3.63, 3.8) is 0 Å². The highest BCUT2D eigenvalue weighted by molar-refractivity contribution is 7.11. The molecule has 5 heteroatoms. The predicted octanol–water partition coefficient (Wildman–Crippen LogP) is 2.29. The summed E-state index contributed by atoms with van der Waals surface area (Å²) in [5.41, 5.74) is 1.14. The monoisotopic (exact) mass is 295 g/mol. The molecule has 0 radical (unpaired) electrons. The molecule has 2 rings (SSSR count). The van der Waals surface area contributed by atoms with Crippen molar-refractivity contribution in [3.05, 3.63) is 15.6 Å². The number of aromatic nitrogens is 1. The zero-order valence-corrected chi connectivity index (χ0v) is 13.4. The number of nitrogens with one attached hydrogen (secondary N) is 1. The number of thiazole rings is 1. The van der Waals surface area contributed by atoms with E-state index in [1.54, 1.807) is 11.3 Å². The van der Waals surface area contributed by atoms with Gasteiger partial charge in [0.15, 0.2) is 0 Å². The second kappa shape index (κ2) is 7.74. The molecule has 0 atom stereocenters. The molecule has 112 valence electrons. The maximum absolute atomic E-state index is 11.7. The van der Waals surface area contributed by atoms with Crippen LogP contribution in [0.5, 0.6) is 0 Å². The van der Waals surface area contributed by atoms with Crippen molar-refractivity contribution in [1.82, 2.24) is 15.2 Å². The Morgan fingerprint density at radius 2 is 2.10 bits per heavy atom. The molecule has 0 saturated carbocycles. The fourth-order valence-corrected chi connectivity index (χ4v) is 3.44. The molecule has 2 heterocycles. The van der Waals surface area contributed by atoms with E-state index in [1.165, 1.54) is 22.7 Å². The van der Waals surface area contributed by atoms with Crippen molar-refractivity contribution in [1.29, 1.82) is 0 Å². The van der Waals surface area contributed by atoms with Crippen LogP contribution < -0.4 is 5.32 Å². The lowest BCUT2D eigenvalue weighted by Crippen LogP contribution is -2.30. The molecule has 20 heavy (non-hydrogen) atoms. The topological polar surface area (TPSA) is 45.2 Å². The lowest BCUT2D eigenvalue weighted by atomic mass is 10.3. The van der Waals surface area contributed by atoms with Gasteiger partial charge in [0.1, 0.15) is 0 Å². The average molecular weight is 295 g/mol. The third-order valence-electron chi connectivity index (χ3n) is 3.82. The van der Waals surface area contributed by atoms with Crippen LogP contribution in [0.25, 0.3) is 0 Å². The van der Waals surface area contributed by atoms with Crippen LogP contribution in [-0.2, 0) is 11.2 Å². The molecular formula is C15H25N3OS. The maximum atomic E-state index is 11.7. The Morgan fingerprint density at radius 1 is 1.35 bits per heavy atom. The van der Waals surface area contributed by atoms with Gasteiger partial charge >= 0.3 is 0 Å². The van der Waals surface area contributed by atoms with Gasteiger partial charge in [0.2, 0.25) is 5.91 Å². The lowest BCUT2D eigenvalue weighted by Gasteiger charge is -2.13. The second-order valence-corrected chi connectivity index (χ2v) is 6.79. The molecule has 1 amide bonds. The van der Waals surface area contributed by atoms with Gasteiger partial charge in [-0.1, -0.05) is 0 Å². The third-order valence-corrected chi connectivity index (χ3v) is 4.95. The summed E-state index contributed by atoms with van der Waals surface area (Å²) in [6.45, 7) is 8.16. The quantitative estimate of drug-likeness (QED) is 0.785. The van der Waals surface area contributed by atoms with Gasteiger partial charge in [-0.2, -0.15) is 0 Å². The minimum absolute atomic E-state index is 0.184. The van der Waals surface area contributed by atoms with Crippen LogP contribution in [0.15, 0.2) is 0 Å². The molecule has 1 fully saturated rings. The summed E-state index contributed by atoms with van der Waals surface area (Å²) in [7, 11) is 0. The van der Waals surface area contributed by atoms with Gasteiger partial charge in [0.05, 0.1) is 10.7 Å². The van der Waals surface area contributed by atoms with E-state index in [2.05, 4.69) is 29.0 Å². The Hall–Kier alpha value is -0.940. The zero-order valence-electron chi connectivity index (χ0n) is 12.6. The molecule has 1 N–H and O–H groups in total. The van der Waals surface area contributed by atoms with E-state index < -0.39 is 0 Å². The molecule has 0 aromatic carbocycles. The highest BCUT2D eigenvalue weighted by Gasteiger charge is 2.12. The molecule has 0 bridgehead atoms. The Kier molecular flexibility index (Phi) is 5.98. The van der Waals surface area contributed by atoms with E-state index in [9.17, 15) is 4.79 Å². The van der Waals surface area contributed by atoms with Crippen LogP contribution in [0.2, 0.25) is 0 Å². The summed E-state index contributed by atoms with van der Waals surface area (Å²) in [5.74, 6) is 0.184. The molecule has 1 aliphatic rings. The summed E-state index contributed by atoms with van der Waals surface area (Å²) in [4.78, 5) is 19.9. The number of rotatable bonds is 7. The van der Waals surface area contributed by atoms with E-state index in [0.29, 0.717) is 6.42 Å². The van der Waals surface area contributed by atoms with Gasteiger partial charge in [-0.15, -0.1) is 11.3 Å². The minimum atomic E-state index is 0.184. The average Bonchev–Trinajstić information content (AvgIpc) is 3.03. The first kappa shape index (κ1) is 15.4. The van der Waals surface area contributed by atoms with Crippen molar-refractivity contribution in [2.45, 2.75) is 46.0 Å². The molecule has 4 nitrogen and oxygen atoms in total. The van der Waals surface area contributed by atoms with Crippen molar-refractivity contribution >= 4 is 17.2 Å². The lowest BCUT2D eigenvalue weighted by molar-refractivity contribution is -0.121. The van der Waals surface area contributed by atoms with Gasteiger partial charge in [-0.25, -0.2) is 4.98 Å². The van der Waals surface area contributed by atoms with Crippen LogP contribution in [-0.4, -0.2) is 42.0 Å². The Morgan fingerprint density at radius 3 is 2.75 bits per heavy atom. The van der Waals surface area contributed by atoms with E-state index in [0.717, 1.165) is 44.7 Å². The van der Waals surface area contributed by atoms with E-state index in [-0.39, 0.29) is 5.91 Å². The van der Waals surface area contributed by atoms with Gasteiger partial charge in [-0.05, 0) is 46.2 Å². The highest BCUT2D eigenvalue weighted by atomic mass is 32.1. The first-order chi connectivity index (χ1) is 9.65. The number of aryl methyl sites for hydroxylation is 3. The van der Waals surface area contributed by atoms with Gasteiger partial charge in [-0.3, -0.25) is 4.79 Å². The van der Waals surface area contributed by atoms with Gasteiger partial charge < -0.3 is 10.2 Å². The first-order valence-corrected chi connectivity index (χ1v) is 8.39. The summed E-state index contributed by atoms with van der Waals surface area (Å²) < 4.78 is 0. The van der Waals surface area contributed by atoms with Gasteiger partial charge in [0, 0.05) is 30.8 Å². The second-order valence-electron chi connectivity index (χ2n) is 5.50. The maximum Gasteiger partial charge on any atom is 0.221 e. The highest BCUT2D eigenvalue weighted by Crippen LogP contribution is 2.17. The molecule has 1 saturated heterocycles. The standard InChI is InChI=1S/C15H25N3OS/c1-12-13(2)20-15(17-12)6-5-8-16-14(19)7-11-18-9-3-4-10-18/h3-11H2,1-2H3,(H,16,19). The SMILES string of the molecule is Cc1nc(CCCNC(=O)CCN2CCCC2)sc1C. The van der Waals surface area contributed by atoms with Crippen LogP contribution >= 0.6 is 11.3 Å². The van der Waals surface area contributed by atoms with Crippen LogP contribution in [0.3, 0.4) is 0 Å². The summed E-state index contributed by atoms with van der Waals surface area (Å²) in [6.07, 6.45) is 5.14. The predicted molar refractivity (Wildman–Crippen MR) is 83.2 cm³/mol. The zero-order chi connectivity index (χ0) is 14.4. The van der Waals surface area contributed by atoms with Crippen molar-refractivity contribution in [2.24, 2.45) is 0 Å². The summed E-state index contributed by atoms with van der Waals surface area (Å²) >= 11 is 1.77. The number of carbonyl (C=O) groups is 1. The number of amides is 1. The third kappa shape index (κ3) is 4.87. The van der Waals surface area contributed by atoms with E-state index in [4.69, 9.17) is 0 Å². The molecular weight excluding hydrogens is 270 g/mol. The number of hydrogen-bond acceptors (Lipinski definition) is 4. The van der Waals surface area contributed by atoms with Gasteiger partial charge in [0.25, 0.3) is 0 Å². The Bertz CT molecular complexity index is 419. The molecule has 0 unspecified atom stereocenters. The number of nitrogens with zero attached hydrogens (tertiary/aromatic N) is 2. The smallest absolute Gasteiger partial charge is 0.221 e. The molecule has 1 aromatic heterocycles. The number of likely N-dealkylation sites (tertiary alicyclic amines) is 1. The van der Waals surface area contributed by atoms with Crippen LogP contribution in [0.1, 0.15) is 41.3 Å². The van der Waals surface area contributed by atoms with E-state index in [1.807, 2.05) is 0 Å². The molecule has 0 aliphatic carbocycles. The van der Waals surface area contributed by atoms with Crippen molar-refractivity contribution in [3.8, 4) is 0 Å². The Labute approximate surface area is 125 Å². The summed E-state index contributed by atoms with van der Waals surface area (Å²) in [6, 6.07) is 0. The first-order valence-electron chi connectivity index (χ1n) is 7.57. The minimum Gasteiger partial charge on any atom is -0.356 e. The fourth-order valence-electron chi connectivity index (χ4n) is 2.47. The molecule has 1 aliphatic heterocycles. The fraction of sp³-hybridized carbons (Fsp3) is 0.733. The van der Waals surface area contributed by atoms with Crippen molar-refractivity contribution < 1.29 is 4.79 Å². The molecule has 1 aromatic rings. The largest absolute Gasteiger partial charge is 0.356 e.